The van der Waals surface area contributed by atoms with Crippen molar-refractivity contribution >= 4 is 29.0 Å². The van der Waals surface area contributed by atoms with Crippen LogP contribution in [0.5, 0.6) is 5.75 Å². The zero-order valence-corrected chi connectivity index (χ0v) is 11.8. The minimum Gasteiger partial charge on any atom is -0.494 e. The molecule has 0 heterocycles. The fraction of sp³-hybridized carbons (Fsp3) is 0.133. The number of carbonyl (C=O) groups is 1. The summed E-state index contributed by atoms with van der Waals surface area (Å²) < 4.78 is 5.33. The zero-order valence-electron chi connectivity index (χ0n) is 11.0. The van der Waals surface area contributed by atoms with Gasteiger partial charge in [-0.05, 0) is 49.4 Å². The molecule has 0 radical (unpaired) electrons. The predicted octanol–water partition coefficient (Wildman–Crippen LogP) is 4.38. The van der Waals surface area contributed by atoms with E-state index in [-0.39, 0.29) is 6.03 Å². The number of halogens is 1. The van der Waals surface area contributed by atoms with Crippen LogP contribution >= 0.6 is 11.6 Å². The van der Waals surface area contributed by atoms with Crippen LogP contribution in [0.4, 0.5) is 16.2 Å². The number of amides is 2. The minimum absolute atomic E-state index is 0.323. The van der Waals surface area contributed by atoms with E-state index >= 15 is 0 Å². The summed E-state index contributed by atoms with van der Waals surface area (Å²) in [6, 6.07) is 13.8. The first-order valence-electron chi connectivity index (χ1n) is 6.24. The van der Waals surface area contributed by atoms with Gasteiger partial charge in [0.25, 0.3) is 0 Å². The Balaban J connectivity index is 1.94. The highest BCUT2D eigenvalue weighted by atomic mass is 35.5. The molecule has 2 aromatic rings. The molecule has 2 amide bonds. The summed E-state index contributed by atoms with van der Waals surface area (Å²) in [4.78, 5) is 11.8. The Morgan fingerprint density at radius 2 is 1.80 bits per heavy atom. The van der Waals surface area contributed by atoms with Crippen molar-refractivity contribution < 1.29 is 9.53 Å². The van der Waals surface area contributed by atoms with Gasteiger partial charge in [0.05, 0.1) is 6.61 Å². The first kappa shape index (κ1) is 14.2. The Hall–Kier alpha value is -2.20. The third kappa shape index (κ3) is 4.17. The Bertz CT molecular complexity index is 585. The lowest BCUT2D eigenvalue weighted by Crippen LogP contribution is -2.19. The number of hydrogen-bond acceptors (Lipinski definition) is 2. The van der Waals surface area contributed by atoms with Gasteiger partial charge in [-0.15, -0.1) is 0 Å². The number of benzene rings is 2. The molecular formula is C15H15ClN2O2. The van der Waals surface area contributed by atoms with Crippen molar-refractivity contribution in [3.63, 3.8) is 0 Å². The van der Waals surface area contributed by atoms with Gasteiger partial charge in [-0.2, -0.15) is 0 Å². The fourth-order valence-corrected chi connectivity index (χ4v) is 1.85. The first-order valence-corrected chi connectivity index (χ1v) is 6.61. The van der Waals surface area contributed by atoms with E-state index in [9.17, 15) is 4.79 Å². The Labute approximate surface area is 122 Å². The normalized spacial score (nSPS) is 9.90. The van der Waals surface area contributed by atoms with Gasteiger partial charge in [0, 0.05) is 16.4 Å². The molecule has 0 atom stereocenters. The maximum absolute atomic E-state index is 11.8. The molecule has 0 bridgehead atoms. The summed E-state index contributed by atoms with van der Waals surface area (Å²) in [5.74, 6) is 0.772. The molecule has 2 aromatic carbocycles. The van der Waals surface area contributed by atoms with Crippen LogP contribution in [-0.2, 0) is 0 Å². The number of ether oxygens (including phenoxy) is 1. The summed E-state index contributed by atoms with van der Waals surface area (Å²) in [5, 5.41) is 6.01. The molecule has 0 fully saturated rings. The van der Waals surface area contributed by atoms with Crippen molar-refractivity contribution in [3.05, 3.63) is 53.6 Å². The molecule has 0 aliphatic carbocycles. The van der Waals surface area contributed by atoms with Gasteiger partial charge in [0.15, 0.2) is 0 Å². The van der Waals surface area contributed by atoms with E-state index in [2.05, 4.69) is 10.6 Å². The van der Waals surface area contributed by atoms with Crippen LogP contribution in [0.2, 0.25) is 5.02 Å². The molecule has 0 spiro atoms. The van der Waals surface area contributed by atoms with Crippen LogP contribution in [0.1, 0.15) is 6.92 Å². The number of nitrogens with one attached hydrogen (secondary N) is 2. The van der Waals surface area contributed by atoms with Gasteiger partial charge in [0.2, 0.25) is 0 Å². The van der Waals surface area contributed by atoms with E-state index in [0.29, 0.717) is 23.0 Å². The standard InChI is InChI=1S/C15H15ClN2O2/c1-2-20-14-8-6-12(7-9-14)17-15(19)18-13-5-3-4-11(16)10-13/h3-10H,2H2,1H3,(H2,17,18,19). The second-order valence-electron chi connectivity index (χ2n) is 4.05. The van der Waals surface area contributed by atoms with Crippen LogP contribution in [-0.4, -0.2) is 12.6 Å². The van der Waals surface area contributed by atoms with E-state index in [1.807, 2.05) is 6.92 Å². The second-order valence-corrected chi connectivity index (χ2v) is 4.48. The van der Waals surface area contributed by atoms with Crippen LogP contribution in [0, 0.1) is 0 Å². The molecule has 2 N–H and O–H groups in total. The Morgan fingerprint density at radius 1 is 1.10 bits per heavy atom. The Kier molecular flexibility index (Phi) is 4.85. The summed E-state index contributed by atoms with van der Waals surface area (Å²) in [6.07, 6.45) is 0. The molecule has 0 saturated heterocycles. The summed E-state index contributed by atoms with van der Waals surface area (Å²) >= 11 is 5.85. The molecule has 0 unspecified atom stereocenters. The van der Waals surface area contributed by atoms with Gasteiger partial charge in [0.1, 0.15) is 5.75 Å². The number of hydrogen-bond donors (Lipinski definition) is 2. The minimum atomic E-state index is -0.323. The number of urea groups is 1. The van der Waals surface area contributed by atoms with Crippen molar-refractivity contribution in [3.8, 4) is 5.75 Å². The molecule has 0 saturated carbocycles. The van der Waals surface area contributed by atoms with E-state index < -0.39 is 0 Å². The third-order valence-corrected chi connectivity index (χ3v) is 2.74. The smallest absolute Gasteiger partial charge is 0.323 e. The summed E-state index contributed by atoms with van der Waals surface area (Å²) in [5.41, 5.74) is 1.33. The number of rotatable bonds is 4. The number of anilines is 2. The van der Waals surface area contributed by atoms with Gasteiger partial charge < -0.3 is 15.4 Å². The first-order chi connectivity index (χ1) is 9.67. The maximum Gasteiger partial charge on any atom is 0.323 e. The molecule has 104 valence electrons. The summed E-state index contributed by atoms with van der Waals surface area (Å²) in [7, 11) is 0. The largest absolute Gasteiger partial charge is 0.494 e. The molecule has 4 nitrogen and oxygen atoms in total. The molecular weight excluding hydrogens is 276 g/mol. The second kappa shape index (κ2) is 6.82. The Morgan fingerprint density at radius 3 is 2.45 bits per heavy atom. The number of carbonyl (C=O) groups excluding carboxylic acids is 1. The average molecular weight is 291 g/mol. The lowest BCUT2D eigenvalue weighted by atomic mass is 10.3. The van der Waals surface area contributed by atoms with Crippen LogP contribution in [0.15, 0.2) is 48.5 Å². The monoisotopic (exact) mass is 290 g/mol. The molecule has 5 heteroatoms. The van der Waals surface area contributed by atoms with Crippen molar-refractivity contribution in [2.45, 2.75) is 6.92 Å². The van der Waals surface area contributed by atoms with E-state index in [0.717, 1.165) is 5.75 Å². The van der Waals surface area contributed by atoms with Gasteiger partial charge in [-0.1, -0.05) is 17.7 Å². The molecule has 0 aliphatic heterocycles. The molecule has 20 heavy (non-hydrogen) atoms. The van der Waals surface area contributed by atoms with Crippen molar-refractivity contribution in [1.29, 1.82) is 0 Å². The van der Waals surface area contributed by atoms with Gasteiger partial charge >= 0.3 is 6.03 Å². The van der Waals surface area contributed by atoms with Crippen molar-refractivity contribution in [2.24, 2.45) is 0 Å². The lowest BCUT2D eigenvalue weighted by molar-refractivity contribution is 0.262. The van der Waals surface area contributed by atoms with Crippen molar-refractivity contribution in [2.75, 3.05) is 17.2 Å². The van der Waals surface area contributed by atoms with E-state index in [1.165, 1.54) is 0 Å². The van der Waals surface area contributed by atoms with Gasteiger partial charge in [-0.25, -0.2) is 4.79 Å². The van der Waals surface area contributed by atoms with Crippen LogP contribution in [0.3, 0.4) is 0 Å². The fourth-order valence-electron chi connectivity index (χ4n) is 1.66. The topological polar surface area (TPSA) is 50.4 Å². The molecule has 2 rings (SSSR count). The molecule has 0 aromatic heterocycles. The van der Waals surface area contributed by atoms with Crippen molar-refractivity contribution in [1.82, 2.24) is 0 Å². The lowest BCUT2D eigenvalue weighted by Gasteiger charge is -2.09. The van der Waals surface area contributed by atoms with Crippen LogP contribution < -0.4 is 15.4 Å². The SMILES string of the molecule is CCOc1ccc(NC(=O)Nc2cccc(Cl)c2)cc1. The highest BCUT2D eigenvalue weighted by molar-refractivity contribution is 6.30. The highest BCUT2D eigenvalue weighted by Gasteiger charge is 2.03. The summed E-state index contributed by atoms with van der Waals surface area (Å²) in [6.45, 7) is 2.53. The quantitative estimate of drug-likeness (QED) is 0.878. The third-order valence-electron chi connectivity index (χ3n) is 2.51. The maximum atomic E-state index is 11.8. The van der Waals surface area contributed by atoms with Gasteiger partial charge in [-0.3, -0.25) is 0 Å². The zero-order chi connectivity index (χ0) is 14.4. The van der Waals surface area contributed by atoms with Crippen LogP contribution in [0.25, 0.3) is 0 Å². The van der Waals surface area contributed by atoms with E-state index in [1.54, 1.807) is 48.5 Å². The molecule has 0 aliphatic rings. The van der Waals surface area contributed by atoms with E-state index in [4.69, 9.17) is 16.3 Å². The average Bonchev–Trinajstić information content (AvgIpc) is 2.41. The predicted molar refractivity (Wildman–Crippen MR) is 81.7 cm³/mol. The highest BCUT2D eigenvalue weighted by Crippen LogP contribution is 2.17.